The highest BCUT2D eigenvalue weighted by atomic mass is 16.7. The zero-order chi connectivity index (χ0) is 10.4. The molecule has 0 heterocycles. The Morgan fingerprint density at radius 3 is 2.93 bits per heavy atom. The summed E-state index contributed by atoms with van der Waals surface area (Å²) in [5, 5.41) is 8.51. The van der Waals surface area contributed by atoms with E-state index in [4.69, 9.17) is 9.84 Å². The van der Waals surface area contributed by atoms with Crippen LogP contribution in [0.4, 0.5) is 4.79 Å². The minimum absolute atomic E-state index is 0.121. The quantitative estimate of drug-likeness (QED) is 0.557. The molecular weight excluding hydrogens is 180 g/mol. The number of rotatable bonds is 4. The molecule has 1 rings (SSSR count). The molecule has 0 saturated carbocycles. The van der Waals surface area contributed by atoms with E-state index in [-0.39, 0.29) is 6.10 Å². The predicted octanol–water partition coefficient (Wildman–Crippen LogP) is 3.21. The Morgan fingerprint density at radius 1 is 1.64 bits per heavy atom. The van der Waals surface area contributed by atoms with Crippen LogP contribution in [0.25, 0.3) is 0 Å². The average molecular weight is 198 g/mol. The van der Waals surface area contributed by atoms with Crippen LogP contribution in [0.2, 0.25) is 0 Å². The van der Waals surface area contributed by atoms with Crippen molar-refractivity contribution in [1.82, 2.24) is 0 Å². The lowest BCUT2D eigenvalue weighted by molar-refractivity contribution is 0.0386. The second-order valence-corrected chi connectivity index (χ2v) is 3.80. The molecule has 14 heavy (non-hydrogen) atoms. The van der Waals surface area contributed by atoms with E-state index >= 15 is 0 Å². The summed E-state index contributed by atoms with van der Waals surface area (Å²) < 4.78 is 4.79. The van der Waals surface area contributed by atoms with Crippen molar-refractivity contribution in [2.45, 2.75) is 45.1 Å². The van der Waals surface area contributed by atoms with Crippen LogP contribution < -0.4 is 0 Å². The molecule has 3 nitrogen and oxygen atoms in total. The maximum Gasteiger partial charge on any atom is 0.506 e. The number of carbonyl (C=O) groups is 1. The molecule has 0 radical (unpaired) electrons. The lowest BCUT2D eigenvalue weighted by Gasteiger charge is -2.22. The van der Waals surface area contributed by atoms with Gasteiger partial charge in [-0.05, 0) is 38.0 Å². The third-order valence-corrected chi connectivity index (χ3v) is 2.70. The lowest BCUT2D eigenvalue weighted by atomic mass is 9.89. The number of allylic oxidation sites excluding steroid dienone is 2. The van der Waals surface area contributed by atoms with Crippen LogP contribution in [0, 0.1) is 5.92 Å². The smallest absolute Gasteiger partial charge is 0.450 e. The van der Waals surface area contributed by atoms with E-state index in [0.717, 1.165) is 32.1 Å². The molecule has 0 fully saturated rings. The number of hydrogen-bond acceptors (Lipinski definition) is 2. The summed E-state index contributed by atoms with van der Waals surface area (Å²) in [4.78, 5) is 10.4. The minimum atomic E-state index is -1.15. The van der Waals surface area contributed by atoms with Crippen molar-refractivity contribution in [3.63, 3.8) is 0 Å². The number of hydrogen-bond donors (Lipinski definition) is 1. The summed E-state index contributed by atoms with van der Waals surface area (Å²) in [5.41, 5.74) is 0. The first-order chi connectivity index (χ1) is 6.72. The lowest BCUT2D eigenvalue weighted by Crippen LogP contribution is -2.20. The van der Waals surface area contributed by atoms with Gasteiger partial charge in [0.25, 0.3) is 0 Å². The zero-order valence-electron chi connectivity index (χ0n) is 8.61. The van der Waals surface area contributed by atoms with E-state index in [1.807, 2.05) is 6.92 Å². The van der Waals surface area contributed by atoms with E-state index in [9.17, 15) is 4.79 Å². The van der Waals surface area contributed by atoms with Gasteiger partial charge in [0.2, 0.25) is 0 Å². The van der Waals surface area contributed by atoms with Crippen molar-refractivity contribution < 1.29 is 14.6 Å². The number of ether oxygens (including phenoxy) is 1. The molecule has 0 aromatic carbocycles. The molecule has 1 aliphatic carbocycles. The van der Waals surface area contributed by atoms with Crippen LogP contribution in [0.15, 0.2) is 12.2 Å². The van der Waals surface area contributed by atoms with Crippen LogP contribution >= 0.6 is 0 Å². The van der Waals surface area contributed by atoms with Crippen LogP contribution in [0.5, 0.6) is 0 Å². The summed E-state index contributed by atoms with van der Waals surface area (Å²) in [7, 11) is 0. The average Bonchev–Trinajstić information content (AvgIpc) is 2.17. The van der Waals surface area contributed by atoms with Crippen LogP contribution in [0.3, 0.4) is 0 Å². The van der Waals surface area contributed by atoms with Crippen molar-refractivity contribution in [2.75, 3.05) is 0 Å². The molecule has 1 N–H and O–H groups in total. The summed E-state index contributed by atoms with van der Waals surface area (Å²) in [6, 6.07) is 0. The molecule has 0 aromatic heterocycles. The molecule has 1 aliphatic rings. The topological polar surface area (TPSA) is 46.5 Å². The largest absolute Gasteiger partial charge is 0.506 e. The van der Waals surface area contributed by atoms with E-state index in [1.54, 1.807) is 0 Å². The van der Waals surface area contributed by atoms with Gasteiger partial charge in [-0.1, -0.05) is 19.1 Å². The van der Waals surface area contributed by atoms with Gasteiger partial charge in [-0.2, -0.15) is 0 Å². The van der Waals surface area contributed by atoms with Gasteiger partial charge in [-0.15, -0.1) is 0 Å². The van der Waals surface area contributed by atoms with Crippen LogP contribution in [0.1, 0.15) is 39.0 Å². The second kappa shape index (κ2) is 5.68. The molecule has 0 amide bonds. The fourth-order valence-electron chi connectivity index (χ4n) is 1.88. The monoisotopic (exact) mass is 198 g/mol. The summed E-state index contributed by atoms with van der Waals surface area (Å²) in [6.07, 6.45) is 8.09. The zero-order valence-corrected chi connectivity index (χ0v) is 8.61. The Hall–Kier alpha value is -0.990. The SMILES string of the molecule is CCC(CC1CC=CCC1)OC(=O)O. The molecule has 0 aromatic rings. The van der Waals surface area contributed by atoms with E-state index < -0.39 is 6.16 Å². The van der Waals surface area contributed by atoms with Crippen molar-refractivity contribution in [1.29, 1.82) is 0 Å². The molecule has 80 valence electrons. The fourth-order valence-corrected chi connectivity index (χ4v) is 1.88. The minimum Gasteiger partial charge on any atom is -0.450 e. The van der Waals surface area contributed by atoms with E-state index in [0.29, 0.717) is 5.92 Å². The maximum absolute atomic E-state index is 10.4. The normalized spacial score (nSPS) is 23.1. The van der Waals surface area contributed by atoms with Crippen LogP contribution in [-0.2, 0) is 4.74 Å². The summed E-state index contributed by atoms with van der Waals surface area (Å²) in [5.74, 6) is 0.601. The first-order valence-electron chi connectivity index (χ1n) is 5.27. The molecular formula is C11H18O3. The second-order valence-electron chi connectivity index (χ2n) is 3.80. The number of carboxylic acid groups (broad SMARTS) is 1. The third-order valence-electron chi connectivity index (χ3n) is 2.70. The fraction of sp³-hybridized carbons (Fsp3) is 0.727. The molecule has 0 spiro atoms. The first-order valence-corrected chi connectivity index (χ1v) is 5.27. The maximum atomic E-state index is 10.4. The van der Waals surface area contributed by atoms with Gasteiger partial charge in [0, 0.05) is 0 Å². The molecule has 2 atom stereocenters. The Balaban J connectivity index is 2.31. The van der Waals surface area contributed by atoms with Crippen molar-refractivity contribution in [3.05, 3.63) is 12.2 Å². The van der Waals surface area contributed by atoms with Gasteiger partial charge in [0.1, 0.15) is 6.10 Å². The Morgan fingerprint density at radius 2 is 2.43 bits per heavy atom. The Labute approximate surface area is 84.8 Å². The van der Waals surface area contributed by atoms with Gasteiger partial charge in [-0.3, -0.25) is 0 Å². The van der Waals surface area contributed by atoms with Crippen molar-refractivity contribution in [2.24, 2.45) is 5.92 Å². The van der Waals surface area contributed by atoms with Gasteiger partial charge in [-0.25, -0.2) is 4.79 Å². The molecule has 0 aliphatic heterocycles. The van der Waals surface area contributed by atoms with Crippen molar-refractivity contribution in [3.8, 4) is 0 Å². The molecule has 0 saturated heterocycles. The van der Waals surface area contributed by atoms with Gasteiger partial charge in [0.15, 0.2) is 0 Å². The summed E-state index contributed by atoms with van der Waals surface area (Å²) >= 11 is 0. The van der Waals surface area contributed by atoms with Crippen molar-refractivity contribution >= 4 is 6.16 Å². The van der Waals surface area contributed by atoms with Gasteiger partial charge >= 0.3 is 6.16 Å². The predicted molar refractivity (Wildman–Crippen MR) is 54.3 cm³/mol. The van der Waals surface area contributed by atoms with E-state index in [2.05, 4.69) is 12.2 Å². The molecule has 3 heteroatoms. The third kappa shape index (κ3) is 3.81. The first kappa shape index (κ1) is 11.1. The van der Waals surface area contributed by atoms with E-state index in [1.165, 1.54) is 0 Å². The highest BCUT2D eigenvalue weighted by Crippen LogP contribution is 2.24. The highest BCUT2D eigenvalue weighted by molar-refractivity contribution is 5.57. The molecule has 0 bridgehead atoms. The highest BCUT2D eigenvalue weighted by Gasteiger charge is 2.18. The van der Waals surface area contributed by atoms with Gasteiger partial charge in [0.05, 0.1) is 0 Å². The Bertz CT molecular complexity index is 211. The summed E-state index contributed by atoms with van der Waals surface area (Å²) in [6.45, 7) is 1.96. The van der Waals surface area contributed by atoms with Gasteiger partial charge < -0.3 is 9.84 Å². The standard InChI is InChI=1S/C11H18O3/c1-2-10(14-11(12)13)8-9-6-4-3-5-7-9/h3-4,9-10H,2,5-8H2,1H3,(H,12,13). The molecule has 2 unspecified atom stereocenters. The van der Waals surface area contributed by atoms with Crippen LogP contribution in [-0.4, -0.2) is 17.4 Å². The Kier molecular flexibility index (Phi) is 4.50.